The maximum atomic E-state index is 11.0. The van der Waals surface area contributed by atoms with Crippen LogP contribution in [0.2, 0.25) is 0 Å². The van der Waals surface area contributed by atoms with Crippen molar-refractivity contribution < 1.29 is 23.5 Å². The van der Waals surface area contributed by atoms with Crippen LogP contribution in [-0.2, 0) is 13.8 Å². The zero-order chi connectivity index (χ0) is 10.3. The first-order chi connectivity index (χ1) is 6.04. The van der Waals surface area contributed by atoms with Crippen molar-refractivity contribution >= 4 is 13.3 Å². The Bertz CT molecular complexity index is 203. The fourth-order valence-corrected chi connectivity index (χ4v) is 1.36. The van der Waals surface area contributed by atoms with Crippen LogP contribution in [0.15, 0.2) is 0 Å². The summed E-state index contributed by atoms with van der Waals surface area (Å²) in [6.45, 7) is 3.64. The molecule has 1 N–H and O–H groups in total. The average Bonchev–Trinajstić information content (AvgIpc) is 2.05. The maximum absolute atomic E-state index is 11.0. The summed E-state index contributed by atoms with van der Waals surface area (Å²) >= 11 is 0. The smallest absolute Gasteiger partial charge is 0.435 e. The Morgan fingerprint density at radius 1 is 1.46 bits per heavy atom. The number of rotatable bonds is 6. The van der Waals surface area contributed by atoms with E-state index in [-0.39, 0.29) is 13.2 Å². The molecule has 0 aliphatic rings. The fourth-order valence-electron chi connectivity index (χ4n) is 0.590. The molecule has 78 valence electrons. The first kappa shape index (κ1) is 12.6. The van der Waals surface area contributed by atoms with Crippen LogP contribution in [0.25, 0.3) is 0 Å². The van der Waals surface area contributed by atoms with E-state index in [4.69, 9.17) is 4.89 Å². The van der Waals surface area contributed by atoms with Gasteiger partial charge in [-0.3, -0.25) is 0 Å². The van der Waals surface area contributed by atoms with Crippen LogP contribution in [0.3, 0.4) is 0 Å². The van der Waals surface area contributed by atoms with Crippen molar-refractivity contribution in [2.24, 2.45) is 0 Å². The van der Waals surface area contributed by atoms with Gasteiger partial charge in [0.15, 0.2) is 0 Å². The second kappa shape index (κ2) is 6.13. The summed E-state index contributed by atoms with van der Waals surface area (Å²) in [5, 5.41) is 0. The molecule has 0 bridgehead atoms. The summed E-state index contributed by atoms with van der Waals surface area (Å²) in [5.41, 5.74) is -1.17. The molecular formula is C7H15O5P. The zero-order valence-electron chi connectivity index (χ0n) is 7.86. The van der Waals surface area contributed by atoms with Crippen molar-refractivity contribution in [2.45, 2.75) is 26.7 Å². The second-order valence-corrected chi connectivity index (χ2v) is 4.07. The first-order valence-electron chi connectivity index (χ1n) is 4.19. The third-order valence-electron chi connectivity index (χ3n) is 1.26. The van der Waals surface area contributed by atoms with Gasteiger partial charge in [0.05, 0.1) is 13.2 Å². The van der Waals surface area contributed by atoms with Gasteiger partial charge in [-0.25, -0.2) is 9.36 Å². The van der Waals surface area contributed by atoms with E-state index in [0.717, 1.165) is 6.42 Å². The van der Waals surface area contributed by atoms with E-state index in [1.54, 1.807) is 6.92 Å². The molecule has 0 heterocycles. The van der Waals surface area contributed by atoms with Crippen molar-refractivity contribution in [1.29, 1.82) is 0 Å². The quantitative estimate of drug-likeness (QED) is 0.537. The highest BCUT2D eigenvalue weighted by molar-refractivity contribution is 7.70. The Morgan fingerprint density at radius 3 is 2.54 bits per heavy atom. The number of hydrogen-bond donors (Lipinski definition) is 1. The topological polar surface area (TPSA) is 72.8 Å². The molecule has 0 radical (unpaired) electrons. The molecule has 0 saturated carbocycles. The highest BCUT2D eigenvalue weighted by Crippen LogP contribution is 2.43. The summed E-state index contributed by atoms with van der Waals surface area (Å²) in [6.07, 6.45) is 1.48. The molecule has 1 unspecified atom stereocenters. The summed E-state index contributed by atoms with van der Waals surface area (Å²) in [7, 11) is -4.19. The standard InChI is InChI=1S/C7H15O5P/c1-3-5-6-12-13(9,10)7(8)11-4-2/h3-6H2,1-2H3,(H,9,10). The van der Waals surface area contributed by atoms with E-state index in [9.17, 15) is 9.36 Å². The van der Waals surface area contributed by atoms with Crippen LogP contribution in [0.1, 0.15) is 26.7 Å². The molecule has 5 nitrogen and oxygen atoms in total. The molecule has 1 atom stereocenters. The molecule has 6 heteroatoms. The van der Waals surface area contributed by atoms with Crippen molar-refractivity contribution in [3.05, 3.63) is 0 Å². The Labute approximate surface area is 77.6 Å². The molecule has 0 amide bonds. The van der Waals surface area contributed by atoms with Crippen LogP contribution in [-0.4, -0.2) is 23.8 Å². The van der Waals surface area contributed by atoms with Crippen LogP contribution >= 0.6 is 7.60 Å². The predicted molar refractivity (Wildman–Crippen MR) is 47.7 cm³/mol. The van der Waals surface area contributed by atoms with E-state index < -0.39 is 13.3 Å². The third kappa shape index (κ3) is 5.03. The predicted octanol–water partition coefficient (Wildman–Crippen LogP) is 2.14. The Balaban J connectivity index is 3.92. The Kier molecular flexibility index (Phi) is 5.95. The lowest BCUT2D eigenvalue weighted by Gasteiger charge is -2.09. The van der Waals surface area contributed by atoms with Crippen molar-refractivity contribution in [3.8, 4) is 0 Å². The van der Waals surface area contributed by atoms with E-state index in [2.05, 4.69) is 9.26 Å². The van der Waals surface area contributed by atoms with Crippen molar-refractivity contribution in [1.82, 2.24) is 0 Å². The zero-order valence-corrected chi connectivity index (χ0v) is 8.75. The molecule has 0 aromatic carbocycles. The minimum atomic E-state index is -4.19. The van der Waals surface area contributed by atoms with Gasteiger partial charge in [-0.05, 0) is 13.3 Å². The molecule has 13 heavy (non-hydrogen) atoms. The largest absolute Gasteiger partial charge is 0.457 e. The van der Waals surface area contributed by atoms with E-state index in [0.29, 0.717) is 6.42 Å². The van der Waals surface area contributed by atoms with Gasteiger partial charge in [-0.15, -0.1) is 0 Å². The van der Waals surface area contributed by atoms with Crippen LogP contribution in [0.5, 0.6) is 0 Å². The number of ether oxygens (including phenoxy) is 1. The molecule has 0 aromatic heterocycles. The van der Waals surface area contributed by atoms with Gasteiger partial charge in [0, 0.05) is 0 Å². The maximum Gasteiger partial charge on any atom is 0.435 e. The van der Waals surface area contributed by atoms with Gasteiger partial charge in [-0.1, -0.05) is 13.3 Å². The summed E-state index contributed by atoms with van der Waals surface area (Å²) in [6, 6.07) is 0. The summed E-state index contributed by atoms with van der Waals surface area (Å²) in [4.78, 5) is 19.8. The van der Waals surface area contributed by atoms with Crippen LogP contribution < -0.4 is 0 Å². The summed E-state index contributed by atoms with van der Waals surface area (Å²) < 4.78 is 19.9. The molecular weight excluding hydrogens is 195 g/mol. The molecule has 0 aliphatic heterocycles. The highest BCUT2D eigenvalue weighted by Gasteiger charge is 2.32. The van der Waals surface area contributed by atoms with Gasteiger partial charge >= 0.3 is 13.3 Å². The summed E-state index contributed by atoms with van der Waals surface area (Å²) in [5.74, 6) is 0. The Hall–Kier alpha value is -0.380. The van der Waals surface area contributed by atoms with E-state index >= 15 is 0 Å². The Morgan fingerprint density at radius 2 is 2.08 bits per heavy atom. The lowest BCUT2D eigenvalue weighted by Crippen LogP contribution is -2.06. The van der Waals surface area contributed by atoms with Crippen molar-refractivity contribution in [3.63, 3.8) is 0 Å². The molecule has 0 saturated heterocycles. The van der Waals surface area contributed by atoms with E-state index in [1.807, 2.05) is 6.92 Å². The fraction of sp³-hybridized carbons (Fsp3) is 0.857. The second-order valence-electron chi connectivity index (χ2n) is 2.41. The van der Waals surface area contributed by atoms with Gasteiger partial charge < -0.3 is 14.2 Å². The number of unbranched alkanes of at least 4 members (excludes halogenated alkanes) is 1. The molecule has 0 aromatic rings. The molecule has 0 fully saturated rings. The number of hydrogen-bond acceptors (Lipinski definition) is 4. The molecule has 0 spiro atoms. The van der Waals surface area contributed by atoms with Crippen LogP contribution in [0.4, 0.5) is 4.79 Å². The molecule has 0 aliphatic carbocycles. The van der Waals surface area contributed by atoms with E-state index in [1.165, 1.54) is 0 Å². The van der Waals surface area contributed by atoms with Crippen molar-refractivity contribution in [2.75, 3.05) is 13.2 Å². The van der Waals surface area contributed by atoms with Gasteiger partial charge in [-0.2, -0.15) is 0 Å². The normalized spacial score (nSPS) is 15.0. The molecule has 0 rings (SSSR count). The highest BCUT2D eigenvalue weighted by atomic mass is 31.2. The number of carbonyl (C=O) groups excluding carboxylic acids is 1. The SMILES string of the molecule is CCCCOP(=O)(O)C(=O)OCC. The average molecular weight is 210 g/mol. The third-order valence-corrected chi connectivity index (χ3v) is 2.39. The first-order valence-corrected chi connectivity index (χ1v) is 5.77. The van der Waals surface area contributed by atoms with Gasteiger partial charge in [0.2, 0.25) is 0 Å². The number of carbonyl (C=O) groups is 1. The van der Waals surface area contributed by atoms with Gasteiger partial charge in [0.1, 0.15) is 0 Å². The lowest BCUT2D eigenvalue weighted by molar-refractivity contribution is 0.161. The minimum absolute atomic E-state index is 0.0700. The van der Waals surface area contributed by atoms with Crippen LogP contribution in [0, 0.1) is 0 Å². The monoisotopic (exact) mass is 210 g/mol. The minimum Gasteiger partial charge on any atom is -0.457 e. The lowest BCUT2D eigenvalue weighted by atomic mass is 10.4. The van der Waals surface area contributed by atoms with Gasteiger partial charge in [0.25, 0.3) is 0 Å².